The van der Waals surface area contributed by atoms with Crippen LogP contribution in [0.15, 0.2) is 0 Å². The Morgan fingerprint density at radius 3 is 0.400 bits per heavy atom. The summed E-state index contributed by atoms with van der Waals surface area (Å²) in [6, 6.07) is 0. The Morgan fingerprint density at radius 1 is 0.400 bits per heavy atom. The molecule has 40 valence electrons. The Balaban J connectivity index is 0. The van der Waals surface area contributed by atoms with E-state index < -0.39 is 0 Å². The SMILES string of the molecule is [NH2-].[NH2-].[NH2-].[NH2-].[Pt+2]. The van der Waals surface area contributed by atoms with Crippen LogP contribution in [0.5, 0.6) is 0 Å². The molecule has 5 heteroatoms. The zero-order valence-electron chi connectivity index (χ0n) is 2.63. The molecular weight excluding hydrogens is 251 g/mol. The van der Waals surface area contributed by atoms with Crippen molar-refractivity contribution in [2.75, 3.05) is 0 Å². The van der Waals surface area contributed by atoms with E-state index in [1.165, 1.54) is 0 Å². The maximum Gasteiger partial charge on any atom is 2.00 e. The number of hydrogen-bond acceptors (Lipinski definition) is 0. The fourth-order valence-corrected chi connectivity index (χ4v) is 0. The zero-order valence-corrected chi connectivity index (χ0v) is 4.90. The van der Waals surface area contributed by atoms with E-state index in [2.05, 4.69) is 0 Å². The van der Waals surface area contributed by atoms with Gasteiger partial charge >= 0.3 is 21.1 Å². The van der Waals surface area contributed by atoms with Crippen LogP contribution in [0.1, 0.15) is 0 Å². The van der Waals surface area contributed by atoms with E-state index in [1.807, 2.05) is 0 Å². The van der Waals surface area contributed by atoms with E-state index in [-0.39, 0.29) is 45.7 Å². The summed E-state index contributed by atoms with van der Waals surface area (Å²) in [7, 11) is 0. The molecule has 8 N–H and O–H groups in total. The molecule has 0 aliphatic carbocycles. The van der Waals surface area contributed by atoms with Gasteiger partial charge in [-0.1, -0.05) is 0 Å². The Morgan fingerprint density at radius 2 is 0.400 bits per heavy atom. The van der Waals surface area contributed by atoms with Crippen molar-refractivity contribution in [2.24, 2.45) is 0 Å². The summed E-state index contributed by atoms with van der Waals surface area (Å²) >= 11 is 0. The number of hydrogen-bond donors (Lipinski definition) is 0. The normalized spacial score (nSPS) is 0. The van der Waals surface area contributed by atoms with Crippen LogP contribution in [0, 0.1) is 0 Å². The Labute approximate surface area is 46.3 Å². The number of rotatable bonds is 0. The summed E-state index contributed by atoms with van der Waals surface area (Å²) < 4.78 is 0. The Kier molecular flexibility index (Phi) is 16400. The second kappa shape index (κ2) is 202. The molecule has 0 heterocycles. The van der Waals surface area contributed by atoms with Gasteiger partial charge in [0.1, 0.15) is 0 Å². The van der Waals surface area contributed by atoms with Crippen molar-refractivity contribution in [3.05, 3.63) is 24.6 Å². The van der Waals surface area contributed by atoms with Crippen LogP contribution in [-0.2, 0) is 21.1 Å². The van der Waals surface area contributed by atoms with Gasteiger partial charge < -0.3 is 24.6 Å². The van der Waals surface area contributed by atoms with E-state index >= 15 is 0 Å². The molecule has 5 heavy (non-hydrogen) atoms. The van der Waals surface area contributed by atoms with Crippen molar-refractivity contribution < 1.29 is 21.1 Å². The second-order valence-corrected chi connectivity index (χ2v) is 0. The first-order valence-electron chi connectivity index (χ1n) is 0. The van der Waals surface area contributed by atoms with Crippen LogP contribution >= 0.6 is 0 Å². The molecule has 0 rings (SSSR count). The predicted molar refractivity (Wildman–Crippen MR) is 21.1 cm³/mol. The predicted octanol–water partition coefficient (Wildman–Crippen LogP) is 2.87. The van der Waals surface area contributed by atoms with Crippen molar-refractivity contribution >= 4 is 0 Å². The van der Waals surface area contributed by atoms with Gasteiger partial charge in [0, 0.05) is 0 Å². The third-order valence-electron chi connectivity index (χ3n) is 0. The van der Waals surface area contributed by atoms with Crippen molar-refractivity contribution in [1.82, 2.24) is 0 Å². The summed E-state index contributed by atoms with van der Waals surface area (Å²) in [5, 5.41) is 0. The average Bonchev–Trinajstić information content (AvgIpc) is 0. The summed E-state index contributed by atoms with van der Waals surface area (Å²) in [5.74, 6) is 0. The molecule has 0 saturated carbocycles. The van der Waals surface area contributed by atoms with E-state index in [0.717, 1.165) is 0 Å². The minimum absolute atomic E-state index is 0. The van der Waals surface area contributed by atoms with Gasteiger partial charge in [-0.15, -0.1) is 0 Å². The van der Waals surface area contributed by atoms with E-state index in [9.17, 15) is 0 Å². The van der Waals surface area contributed by atoms with Gasteiger partial charge in [0.25, 0.3) is 0 Å². The molecule has 0 aliphatic heterocycles. The van der Waals surface area contributed by atoms with Crippen LogP contribution in [0.4, 0.5) is 0 Å². The van der Waals surface area contributed by atoms with Crippen LogP contribution in [0.2, 0.25) is 0 Å². The van der Waals surface area contributed by atoms with Gasteiger partial charge in [0.2, 0.25) is 0 Å². The van der Waals surface area contributed by atoms with Gasteiger partial charge in [-0.25, -0.2) is 0 Å². The molecule has 0 radical (unpaired) electrons. The maximum absolute atomic E-state index is 0. The van der Waals surface area contributed by atoms with Gasteiger partial charge in [0.15, 0.2) is 0 Å². The van der Waals surface area contributed by atoms with Crippen LogP contribution in [0.3, 0.4) is 0 Å². The Bertz CT molecular complexity index is 3.61. The van der Waals surface area contributed by atoms with E-state index in [1.54, 1.807) is 0 Å². The van der Waals surface area contributed by atoms with Crippen LogP contribution < -0.4 is 0 Å². The standard InChI is InChI=1S/4H2N.Pt/h4*1H2;/q4*-1;+2. The van der Waals surface area contributed by atoms with Crippen molar-refractivity contribution in [1.29, 1.82) is 0 Å². The third kappa shape index (κ3) is 104. The average molecular weight is 259 g/mol. The smallest absolute Gasteiger partial charge is 0.693 e. The van der Waals surface area contributed by atoms with Crippen molar-refractivity contribution in [3.8, 4) is 0 Å². The molecule has 0 spiro atoms. The fraction of sp³-hybridized carbons (Fsp3) is 0. The third-order valence-corrected chi connectivity index (χ3v) is 0. The van der Waals surface area contributed by atoms with Gasteiger partial charge in [0.05, 0.1) is 0 Å². The topological polar surface area (TPSA) is 134 Å². The number of nitrogens with two attached hydrogens (primary N) is 4. The van der Waals surface area contributed by atoms with Crippen molar-refractivity contribution in [2.45, 2.75) is 0 Å². The molecule has 0 bridgehead atoms. The van der Waals surface area contributed by atoms with Gasteiger partial charge in [-0.3, -0.25) is 0 Å². The summed E-state index contributed by atoms with van der Waals surface area (Å²) in [5.41, 5.74) is 0. The quantitative estimate of drug-likeness (QED) is 0.632. The molecule has 0 unspecified atom stereocenters. The summed E-state index contributed by atoms with van der Waals surface area (Å²) in [6.07, 6.45) is 0. The molecule has 0 amide bonds. The van der Waals surface area contributed by atoms with E-state index in [0.29, 0.717) is 0 Å². The molecule has 4 nitrogen and oxygen atoms in total. The Hall–Kier alpha value is 0.528. The summed E-state index contributed by atoms with van der Waals surface area (Å²) in [6.45, 7) is 0. The molecule has 0 aromatic carbocycles. The molecule has 0 fully saturated rings. The zero-order chi connectivity index (χ0) is 0. The monoisotopic (exact) mass is 259 g/mol. The minimum atomic E-state index is 0. The molecule has 0 aromatic rings. The maximum atomic E-state index is 0. The molecule has 0 aromatic heterocycles. The fourth-order valence-electron chi connectivity index (χ4n) is 0. The molecule has 0 atom stereocenters. The first-order valence-corrected chi connectivity index (χ1v) is 0. The van der Waals surface area contributed by atoms with Crippen LogP contribution in [-0.4, -0.2) is 0 Å². The first kappa shape index (κ1) is 406. The van der Waals surface area contributed by atoms with E-state index in [4.69, 9.17) is 0 Å². The van der Waals surface area contributed by atoms with Gasteiger partial charge in [-0.2, -0.15) is 0 Å². The van der Waals surface area contributed by atoms with Crippen molar-refractivity contribution in [3.63, 3.8) is 0 Å². The minimum Gasteiger partial charge on any atom is -0.693 e. The largest absolute Gasteiger partial charge is 2.00 e. The second-order valence-electron chi connectivity index (χ2n) is 0. The van der Waals surface area contributed by atoms with Crippen LogP contribution in [0.25, 0.3) is 24.6 Å². The first-order chi connectivity index (χ1) is 0. The molecular formula is H8N4Pt-2. The molecule has 0 saturated heterocycles. The molecule has 0 aliphatic rings. The van der Waals surface area contributed by atoms with Gasteiger partial charge in [-0.05, 0) is 0 Å². The summed E-state index contributed by atoms with van der Waals surface area (Å²) in [4.78, 5) is 0.